The number of anilines is 2. The van der Waals surface area contributed by atoms with Crippen molar-refractivity contribution in [2.75, 3.05) is 11.4 Å². The quantitative estimate of drug-likeness (QED) is 0.493. The minimum Gasteiger partial charge on any atom is -0.378 e. The Hall–Kier alpha value is -3.64. The molecule has 0 spiro atoms. The number of benzene rings is 2. The van der Waals surface area contributed by atoms with Crippen LogP contribution in [-0.2, 0) is 6.42 Å². The van der Waals surface area contributed by atoms with E-state index in [0.29, 0.717) is 16.8 Å². The number of halogens is 3. The molecule has 31 heavy (non-hydrogen) atoms. The molecule has 4 rings (SSSR count). The highest BCUT2D eigenvalue weighted by molar-refractivity contribution is 5.94. The molecule has 0 aliphatic rings. The number of nitrogens with zero attached hydrogens (tertiary/aromatic N) is 5. The maximum Gasteiger partial charge on any atom is 0.257 e. The third-order valence-electron chi connectivity index (χ3n) is 4.98. The second kappa shape index (κ2) is 7.56. The van der Waals surface area contributed by atoms with Crippen LogP contribution in [0.5, 0.6) is 0 Å². The van der Waals surface area contributed by atoms with Crippen molar-refractivity contribution in [3.05, 3.63) is 59.7 Å². The fourth-order valence-electron chi connectivity index (χ4n) is 3.57. The molecule has 0 radical (unpaired) electrons. The predicted molar refractivity (Wildman–Crippen MR) is 110 cm³/mol. The highest BCUT2D eigenvalue weighted by atomic mass is 19.2. The molecule has 0 saturated heterocycles. The molecule has 0 aliphatic carbocycles. The fourth-order valence-corrected chi connectivity index (χ4v) is 3.57. The van der Waals surface area contributed by atoms with Gasteiger partial charge in [0.25, 0.3) is 5.78 Å². The Kier molecular flexibility index (Phi) is 5.03. The maximum absolute atomic E-state index is 14.9. The van der Waals surface area contributed by atoms with Gasteiger partial charge in [-0.25, -0.2) is 13.2 Å². The number of rotatable bonds is 5. The van der Waals surface area contributed by atoms with Crippen LogP contribution in [0.25, 0.3) is 16.7 Å². The molecule has 6 nitrogen and oxygen atoms in total. The summed E-state index contributed by atoms with van der Waals surface area (Å²) in [4.78, 5) is 5.91. The Labute approximate surface area is 176 Å². The largest absolute Gasteiger partial charge is 0.378 e. The lowest BCUT2D eigenvalue weighted by molar-refractivity contribution is 0.123. The molecule has 9 heteroatoms. The van der Waals surface area contributed by atoms with E-state index < -0.39 is 23.1 Å². The molecule has 4 aromatic rings. The van der Waals surface area contributed by atoms with Crippen LogP contribution < -0.4 is 4.90 Å². The molecule has 1 atom stereocenters. The van der Waals surface area contributed by atoms with Gasteiger partial charge in [-0.05, 0) is 49.7 Å². The van der Waals surface area contributed by atoms with E-state index in [4.69, 9.17) is 6.42 Å². The third-order valence-corrected chi connectivity index (χ3v) is 4.98. The van der Waals surface area contributed by atoms with Gasteiger partial charge in [-0.2, -0.15) is 4.98 Å². The van der Waals surface area contributed by atoms with Gasteiger partial charge in [0.1, 0.15) is 23.6 Å². The van der Waals surface area contributed by atoms with Crippen molar-refractivity contribution < 1.29 is 18.3 Å². The van der Waals surface area contributed by atoms with Crippen molar-refractivity contribution >= 4 is 28.2 Å². The van der Waals surface area contributed by atoms with E-state index in [1.54, 1.807) is 13.0 Å². The van der Waals surface area contributed by atoms with Crippen molar-refractivity contribution in [2.45, 2.75) is 25.9 Å². The van der Waals surface area contributed by atoms with E-state index in [-0.39, 0.29) is 29.9 Å². The molecule has 2 heterocycles. The summed E-state index contributed by atoms with van der Waals surface area (Å²) in [6, 6.07) is 6.55. The number of hydrogen-bond acceptors (Lipinski definition) is 5. The van der Waals surface area contributed by atoms with Crippen LogP contribution in [0.4, 0.5) is 24.7 Å². The van der Waals surface area contributed by atoms with E-state index in [0.717, 1.165) is 6.07 Å². The first-order chi connectivity index (χ1) is 14.7. The standard InChI is InChI=1S/C22H18F3N5O/c1-4-22(3,31)11-13-8-14(23)10-15(9-13)29(5-2)20-18-17(7-6-16(24)19(18)25)30-12-26-28-21(30)27-20/h1,6-10,12,31H,5,11H2,2-3H3. The Morgan fingerprint density at radius 2 is 2.00 bits per heavy atom. The van der Waals surface area contributed by atoms with Gasteiger partial charge in [-0.3, -0.25) is 4.40 Å². The summed E-state index contributed by atoms with van der Waals surface area (Å²) in [6.07, 6.45) is 6.69. The minimum absolute atomic E-state index is 0.00614. The Morgan fingerprint density at radius 1 is 1.23 bits per heavy atom. The molecular weight excluding hydrogens is 407 g/mol. The van der Waals surface area contributed by atoms with Gasteiger partial charge in [0.15, 0.2) is 11.6 Å². The summed E-state index contributed by atoms with van der Waals surface area (Å²) in [6.45, 7) is 3.47. The van der Waals surface area contributed by atoms with Gasteiger partial charge in [-0.1, -0.05) is 5.92 Å². The molecule has 1 unspecified atom stereocenters. The summed E-state index contributed by atoms with van der Waals surface area (Å²) >= 11 is 0. The zero-order chi connectivity index (χ0) is 22.3. The van der Waals surface area contributed by atoms with Crippen LogP contribution in [0, 0.1) is 29.8 Å². The molecule has 1 N–H and O–H groups in total. The molecule has 0 amide bonds. The zero-order valence-corrected chi connectivity index (χ0v) is 16.8. The highest BCUT2D eigenvalue weighted by Crippen LogP contribution is 2.34. The van der Waals surface area contributed by atoms with Gasteiger partial charge >= 0.3 is 0 Å². The number of aliphatic hydroxyl groups is 1. The normalized spacial score (nSPS) is 13.3. The fraction of sp³-hybridized carbons (Fsp3) is 0.227. The van der Waals surface area contributed by atoms with E-state index in [9.17, 15) is 18.3 Å². The second-order valence-corrected chi connectivity index (χ2v) is 7.35. The first-order valence-corrected chi connectivity index (χ1v) is 9.48. The van der Waals surface area contributed by atoms with E-state index in [2.05, 4.69) is 21.1 Å². The second-order valence-electron chi connectivity index (χ2n) is 7.35. The first kappa shape index (κ1) is 20.6. The summed E-state index contributed by atoms with van der Waals surface area (Å²) in [5.74, 6) is -0.190. The molecule has 0 bridgehead atoms. The predicted octanol–water partition coefficient (Wildman–Crippen LogP) is 3.78. The highest BCUT2D eigenvalue weighted by Gasteiger charge is 2.23. The molecule has 2 aromatic carbocycles. The lowest BCUT2D eigenvalue weighted by Crippen LogP contribution is -2.25. The van der Waals surface area contributed by atoms with Gasteiger partial charge in [-0.15, -0.1) is 16.6 Å². The van der Waals surface area contributed by atoms with E-state index in [1.807, 2.05) is 0 Å². The summed E-state index contributed by atoms with van der Waals surface area (Å²) < 4.78 is 44.9. The number of hydrogen-bond donors (Lipinski definition) is 1. The summed E-state index contributed by atoms with van der Waals surface area (Å²) in [5, 5.41) is 17.8. The molecular formula is C22H18F3N5O. The van der Waals surface area contributed by atoms with Crippen LogP contribution in [0.15, 0.2) is 36.7 Å². The number of fused-ring (bicyclic) bond motifs is 3. The van der Waals surface area contributed by atoms with Crippen molar-refractivity contribution in [1.29, 1.82) is 0 Å². The topological polar surface area (TPSA) is 66.5 Å². The number of terminal acetylenes is 1. The first-order valence-electron chi connectivity index (χ1n) is 9.48. The summed E-state index contributed by atoms with van der Waals surface area (Å²) in [7, 11) is 0. The average Bonchev–Trinajstić information content (AvgIpc) is 3.19. The third kappa shape index (κ3) is 3.66. The molecule has 0 saturated carbocycles. The van der Waals surface area contributed by atoms with Gasteiger partial charge < -0.3 is 10.0 Å². The van der Waals surface area contributed by atoms with Crippen molar-refractivity contribution in [3.63, 3.8) is 0 Å². The molecule has 158 valence electrons. The van der Waals surface area contributed by atoms with Gasteiger partial charge in [0, 0.05) is 18.7 Å². The van der Waals surface area contributed by atoms with Crippen LogP contribution in [0.2, 0.25) is 0 Å². The van der Waals surface area contributed by atoms with Crippen LogP contribution >= 0.6 is 0 Å². The van der Waals surface area contributed by atoms with Crippen molar-refractivity contribution in [3.8, 4) is 12.3 Å². The van der Waals surface area contributed by atoms with E-state index >= 15 is 0 Å². The Bertz CT molecular complexity index is 1340. The Balaban J connectivity index is 1.95. The lowest BCUT2D eigenvalue weighted by Gasteiger charge is -2.25. The van der Waals surface area contributed by atoms with E-state index in [1.165, 1.54) is 40.8 Å². The zero-order valence-electron chi connectivity index (χ0n) is 16.8. The number of aromatic nitrogens is 4. The summed E-state index contributed by atoms with van der Waals surface area (Å²) in [5.41, 5.74) is -0.375. The Morgan fingerprint density at radius 3 is 2.71 bits per heavy atom. The average molecular weight is 425 g/mol. The van der Waals surface area contributed by atoms with Crippen molar-refractivity contribution in [2.24, 2.45) is 0 Å². The van der Waals surface area contributed by atoms with Crippen LogP contribution in [-0.4, -0.2) is 36.8 Å². The van der Waals surface area contributed by atoms with Crippen LogP contribution in [0.1, 0.15) is 19.4 Å². The maximum atomic E-state index is 14.9. The smallest absolute Gasteiger partial charge is 0.257 e. The molecule has 0 aliphatic heterocycles. The van der Waals surface area contributed by atoms with Gasteiger partial charge in [0.05, 0.1) is 10.9 Å². The molecule has 2 aromatic heterocycles. The van der Waals surface area contributed by atoms with Crippen LogP contribution in [0.3, 0.4) is 0 Å². The lowest BCUT2D eigenvalue weighted by atomic mass is 9.97. The van der Waals surface area contributed by atoms with Gasteiger partial charge in [0.2, 0.25) is 0 Å². The minimum atomic E-state index is -1.47. The van der Waals surface area contributed by atoms with Crippen molar-refractivity contribution in [1.82, 2.24) is 19.6 Å². The molecule has 0 fully saturated rings. The SMILES string of the molecule is C#CC(C)(O)Cc1cc(F)cc(N(CC)c2nc3nncn3c3ccc(F)c(F)c23)c1. The monoisotopic (exact) mass is 425 g/mol.